The van der Waals surface area contributed by atoms with Gasteiger partial charge in [-0.25, -0.2) is 4.57 Å². The molecule has 9 nitrogen and oxygen atoms in total. The number of hydrogen-bond donors (Lipinski definition) is 2. The highest BCUT2D eigenvalue weighted by Crippen LogP contribution is 2.43. The maximum absolute atomic E-state index is 12.7. The summed E-state index contributed by atoms with van der Waals surface area (Å²) in [6, 6.07) is 0. The topological polar surface area (TPSA) is 134 Å². The van der Waals surface area contributed by atoms with E-state index >= 15 is 0 Å². The van der Waals surface area contributed by atoms with E-state index < -0.39 is 32.5 Å². The van der Waals surface area contributed by atoms with Crippen molar-refractivity contribution >= 4 is 19.8 Å². The Balaban J connectivity index is 4.12. The largest absolute Gasteiger partial charge is 0.472 e. The van der Waals surface area contributed by atoms with Crippen LogP contribution in [-0.2, 0) is 32.7 Å². The van der Waals surface area contributed by atoms with Gasteiger partial charge in [-0.2, -0.15) is 0 Å². The summed E-state index contributed by atoms with van der Waals surface area (Å²) in [5.74, 6) is -0.855. The molecular formula is C55H94NO8P. The van der Waals surface area contributed by atoms with Crippen molar-refractivity contribution in [3.05, 3.63) is 97.2 Å². The van der Waals surface area contributed by atoms with Crippen LogP contribution >= 0.6 is 7.82 Å². The molecule has 0 aliphatic carbocycles. The SMILES string of the molecule is CC/C=C\C/C=C\C/C=C\C/C=C\C/C=C\C/C=C\CCCCCCCCC(=O)OC(COC(=O)CCCCCCCCCCC/C=C\C/C=C\CCCCC)COP(=O)(O)OCCN. The van der Waals surface area contributed by atoms with Crippen molar-refractivity contribution in [3.8, 4) is 0 Å². The number of allylic oxidation sites excluding steroid dienone is 16. The monoisotopic (exact) mass is 928 g/mol. The quantitative estimate of drug-likeness (QED) is 0.0265. The molecule has 3 N–H and O–H groups in total. The van der Waals surface area contributed by atoms with E-state index in [4.69, 9.17) is 24.3 Å². The third-order valence-electron chi connectivity index (χ3n) is 10.5. The Labute approximate surface area is 397 Å². The first-order valence-electron chi connectivity index (χ1n) is 25.7. The summed E-state index contributed by atoms with van der Waals surface area (Å²) in [5.41, 5.74) is 5.37. The van der Waals surface area contributed by atoms with E-state index in [0.717, 1.165) is 116 Å². The van der Waals surface area contributed by atoms with Crippen LogP contribution in [0.5, 0.6) is 0 Å². The van der Waals surface area contributed by atoms with Crippen LogP contribution in [0.2, 0.25) is 0 Å². The summed E-state index contributed by atoms with van der Waals surface area (Å²) in [6.07, 6.45) is 65.8. The van der Waals surface area contributed by atoms with Crippen molar-refractivity contribution in [1.29, 1.82) is 0 Å². The number of phosphoric ester groups is 1. The molecule has 0 saturated carbocycles. The Hall–Kier alpha value is -3.07. The van der Waals surface area contributed by atoms with Crippen LogP contribution < -0.4 is 5.73 Å². The lowest BCUT2D eigenvalue weighted by Crippen LogP contribution is -2.29. The Bertz CT molecular complexity index is 1380. The second-order valence-electron chi connectivity index (χ2n) is 16.7. The number of phosphoric acid groups is 1. The number of nitrogens with two attached hydrogens (primary N) is 1. The molecule has 0 fully saturated rings. The summed E-state index contributed by atoms with van der Waals surface area (Å²) in [5, 5.41) is 0. The van der Waals surface area contributed by atoms with Crippen LogP contribution in [0.15, 0.2) is 97.2 Å². The molecule has 0 heterocycles. The lowest BCUT2D eigenvalue weighted by molar-refractivity contribution is -0.161. The Morgan fingerprint density at radius 2 is 0.846 bits per heavy atom. The van der Waals surface area contributed by atoms with Crippen molar-refractivity contribution < 1.29 is 37.6 Å². The number of carbonyl (C=O) groups is 2. The summed E-state index contributed by atoms with van der Waals surface area (Å²) in [6.45, 7) is 3.57. The maximum Gasteiger partial charge on any atom is 0.472 e. The van der Waals surface area contributed by atoms with Gasteiger partial charge in [-0.15, -0.1) is 0 Å². The molecule has 0 aromatic carbocycles. The molecular weight excluding hydrogens is 834 g/mol. The minimum absolute atomic E-state index is 0.0450. The highest BCUT2D eigenvalue weighted by molar-refractivity contribution is 7.47. The number of ether oxygens (including phenoxy) is 2. The van der Waals surface area contributed by atoms with Gasteiger partial charge in [0, 0.05) is 19.4 Å². The minimum Gasteiger partial charge on any atom is -0.462 e. The molecule has 0 rings (SSSR count). The smallest absolute Gasteiger partial charge is 0.462 e. The predicted octanol–water partition coefficient (Wildman–Crippen LogP) is 15.7. The minimum atomic E-state index is -4.40. The van der Waals surface area contributed by atoms with Gasteiger partial charge in [0.2, 0.25) is 0 Å². The van der Waals surface area contributed by atoms with E-state index in [-0.39, 0.29) is 32.6 Å². The van der Waals surface area contributed by atoms with Crippen molar-refractivity contribution in [1.82, 2.24) is 0 Å². The van der Waals surface area contributed by atoms with Crippen molar-refractivity contribution in [2.45, 2.75) is 213 Å². The van der Waals surface area contributed by atoms with Gasteiger partial charge < -0.3 is 20.1 Å². The van der Waals surface area contributed by atoms with E-state index in [1.165, 1.54) is 57.8 Å². The van der Waals surface area contributed by atoms with Crippen LogP contribution in [0.3, 0.4) is 0 Å². The molecule has 0 aliphatic heterocycles. The van der Waals surface area contributed by atoms with Crippen LogP contribution in [0.1, 0.15) is 206 Å². The van der Waals surface area contributed by atoms with Gasteiger partial charge in [0.05, 0.1) is 13.2 Å². The van der Waals surface area contributed by atoms with E-state index in [1.807, 2.05) is 0 Å². The highest BCUT2D eigenvalue weighted by Gasteiger charge is 2.26. The van der Waals surface area contributed by atoms with E-state index in [1.54, 1.807) is 0 Å². The summed E-state index contributed by atoms with van der Waals surface area (Å²) in [7, 11) is -4.40. The molecule has 0 aromatic heterocycles. The second kappa shape index (κ2) is 50.3. The molecule has 0 spiro atoms. The maximum atomic E-state index is 12.7. The molecule has 0 aliphatic rings. The zero-order valence-corrected chi connectivity index (χ0v) is 42.1. The molecule has 2 unspecified atom stereocenters. The fourth-order valence-electron chi connectivity index (χ4n) is 6.67. The molecule has 372 valence electrons. The standard InChI is InChI=1S/C55H94NO8P/c1-3-5-7-9-11-13-15-17-19-21-23-24-25-26-27-28-30-32-34-36-38-40-42-44-46-48-55(58)64-53(52-63-65(59,60)62-50-49-56)51-61-54(57)47-45-43-41-39-37-35-33-31-29-22-20-18-16-14-12-10-8-6-4-2/h5,7,11-14,17-20,23-24,26-27,30,32,53H,3-4,6,8-10,15-16,21-22,25,28-29,31,33-52,56H2,1-2H3,(H,59,60)/b7-5-,13-11-,14-12-,19-17-,20-18-,24-23-,27-26-,32-30-. The summed E-state index contributed by atoms with van der Waals surface area (Å²) in [4.78, 5) is 35.1. The van der Waals surface area contributed by atoms with Gasteiger partial charge in [0.25, 0.3) is 0 Å². The second-order valence-corrected chi connectivity index (χ2v) is 18.1. The van der Waals surface area contributed by atoms with Crippen LogP contribution in [-0.4, -0.2) is 49.3 Å². The molecule has 2 atom stereocenters. The fourth-order valence-corrected chi connectivity index (χ4v) is 7.43. The van der Waals surface area contributed by atoms with Gasteiger partial charge in [0.15, 0.2) is 6.10 Å². The van der Waals surface area contributed by atoms with Crippen LogP contribution in [0.25, 0.3) is 0 Å². The number of carbonyl (C=O) groups excluding carboxylic acids is 2. The van der Waals surface area contributed by atoms with Crippen LogP contribution in [0, 0.1) is 0 Å². The highest BCUT2D eigenvalue weighted by atomic mass is 31.2. The Morgan fingerprint density at radius 1 is 0.477 bits per heavy atom. The van der Waals surface area contributed by atoms with Gasteiger partial charge >= 0.3 is 19.8 Å². The first-order chi connectivity index (χ1) is 31.8. The number of hydrogen-bond acceptors (Lipinski definition) is 8. The molecule has 0 radical (unpaired) electrons. The third-order valence-corrected chi connectivity index (χ3v) is 11.4. The first kappa shape index (κ1) is 61.9. The van der Waals surface area contributed by atoms with Crippen molar-refractivity contribution in [3.63, 3.8) is 0 Å². The average molecular weight is 928 g/mol. The van der Waals surface area contributed by atoms with E-state index in [0.29, 0.717) is 6.42 Å². The van der Waals surface area contributed by atoms with Gasteiger partial charge in [0.1, 0.15) is 6.61 Å². The lowest BCUT2D eigenvalue weighted by Gasteiger charge is -2.19. The lowest BCUT2D eigenvalue weighted by atomic mass is 10.1. The summed E-state index contributed by atoms with van der Waals surface area (Å²) >= 11 is 0. The zero-order chi connectivity index (χ0) is 47.4. The number of rotatable bonds is 47. The number of esters is 2. The first-order valence-corrected chi connectivity index (χ1v) is 27.2. The molecule has 65 heavy (non-hydrogen) atoms. The fraction of sp³-hybridized carbons (Fsp3) is 0.673. The van der Waals surface area contributed by atoms with Crippen LogP contribution in [0.4, 0.5) is 0 Å². The Morgan fingerprint density at radius 3 is 1.26 bits per heavy atom. The molecule has 0 amide bonds. The van der Waals surface area contributed by atoms with Crippen molar-refractivity contribution in [2.75, 3.05) is 26.4 Å². The average Bonchev–Trinajstić information content (AvgIpc) is 3.30. The van der Waals surface area contributed by atoms with E-state index in [9.17, 15) is 19.0 Å². The van der Waals surface area contributed by atoms with Gasteiger partial charge in [-0.1, -0.05) is 195 Å². The molecule has 10 heteroatoms. The third kappa shape index (κ3) is 50.2. The summed E-state index contributed by atoms with van der Waals surface area (Å²) < 4.78 is 32.9. The zero-order valence-electron chi connectivity index (χ0n) is 41.2. The molecule has 0 saturated heterocycles. The number of unbranched alkanes of at least 4 members (excludes halogenated alkanes) is 18. The molecule has 0 bridgehead atoms. The van der Waals surface area contributed by atoms with Gasteiger partial charge in [-0.3, -0.25) is 18.6 Å². The molecule has 0 aromatic rings. The normalized spacial score (nSPS) is 14.0. The van der Waals surface area contributed by atoms with Crippen molar-refractivity contribution in [2.24, 2.45) is 5.73 Å². The van der Waals surface area contributed by atoms with E-state index in [2.05, 4.69) is 111 Å². The predicted molar refractivity (Wildman–Crippen MR) is 275 cm³/mol. The Kier molecular flexibility index (Phi) is 48.0. The van der Waals surface area contributed by atoms with Gasteiger partial charge in [-0.05, 0) is 96.3 Å².